The van der Waals surface area contributed by atoms with Gasteiger partial charge in [0.25, 0.3) is 5.91 Å². The lowest BCUT2D eigenvalue weighted by Crippen LogP contribution is -2.32. The van der Waals surface area contributed by atoms with Crippen molar-refractivity contribution in [3.8, 4) is 0 Å². The molecule has 2 atom stereocenters. The van der Waals surface area contributed by atoms with Gasteiger partial charge in [-0.25, -0.2) is 0 Å². The molecule has 1 aromatic rings. The van der Waals surface area contributed by atoms with E-state index in [-0.39, 0.29) is 24.5 Å². The third-order valence-electron chi connectivity index (χ3n) is 3.47. The van der Waals surface area contributed by atoms with Crippen LogP contribution in [0, 0.1) is 5.92 Å². The van der Waals surface area contributed by atoms with Crippen molar-refractivity contribution >= 4 is 11.9 Å². The normalized spacial score (nSPS) is 13.5. The van der Waals surface area contributed by atoms with Gasteiger partial charge in [-0.05, 0) is 37.5 Å². The molecule has 1 rings (SSSR count). The van der Waals surface area contributed by atoms with Gasteiger partial charge in [-0.15, -0.1) is 0 Å². The molecule has 0 radical (unpaired) electrons. The summed E-state index contributed by atoms with van der Waals surface area (Å²) in [5.41, 5.74) is 1.32. The molecule has 0 fully saturated rings. The Balaban J connectivity index is 2.37. The highest BCUT2D eigenvalue weighted by Gasteiger charge is 2.13. The Labute approximate surface area is 125 Å². The van der Waals surface area contributed by atoms with E-state index in [0.717, 1.165) is 18.4 Å². The van der Waals surface area contributed by atoms with Crippen LogP contribution in [-0.2, 0) is 11.4 Å². The number of carbonyl (C=O) groups is 2. The molecule has 0 bridgehead atoms. The fourth-order valence-electron chi connectivity index (χ4n) is 1.99. The smallest absolute Gasteiger partial charge is 0.306 e. The van der Waals surface area contributed by atoms with Gasteiger partial charge in [-0.2, -0.15) is 0 Å². The SMILES string of the molecule is CC(CCCC(C)C(=O)O)NC(=O)c1ccc(CO)cc1. The molecule has 0 aliphatic rings. The topological polar surface area (TPSA) is 86.6 Å². The predicted molar refractivity (Wildman–Crippen MR) is 79.9 cm³/mol. The summed E-state index contributed by atoms with van der Waals surface area (Å²) < 4.78 is 0. The van der Waals surface area contributed by atoms with E-state index in [0.29, 0.717) is 12.0 Å². The standard InChI is InChI=1S/C16H23NO4/c1-11(16(20)21)4-3-5-12(2)17-15(19)14-8-6-13(10-18)7-9-14/h6-9,11-12,18H,3-5,10H2,1-2H3,(H,17,19)(H,20,21). The first-order chi connectivity index (χ1) is 9.93. The third-order valence-corrected chi connectivity index (χ3v) is 3.47. The van der Waals surface area contributed by atoms with Crippen LogP contribution in [-0.4, -0.2) is 28.1 Å². The Bertz CT molecular complexity index is 470. The van der Waals surface area contributed by atoms with Crippen molar-refractivity contribution in [3.05, 3.63) is 35.4 Å². The number of aliphatic carboxylic acids is 1. The Morgan fingerprint density at radius 3 is 2.29 bits per heavy atom. The van der Waals surface area contributed by atoms with Crippen LogP contribution in [0.25, 0.3) is 0 Å². The van der Waals surface area contributed by atoms with Crippen molar-refractivity contribution in [2.75, 3.05) is 0 Å². The van der Waals surface area contributed by atoms with E-state index in [2.05, 4.69) is 5.32 Å². The van der Waals surface area contributed by atoms with Gasteiger partial charge in [0.1, 0.15) is 0 Å². The van der Waals surface area contributed by atoms with Crippen molar-refractivity contribution in [1.29, 1.82) is 0 Å². The summed E-state index contributed by atoms with van der Waals surface area (Å²) in [5.74, 6) is -1.28. The van der Waals surface area contributed by atoms with Crippen molar-refractivity contribution in [2.45, 2.75) is 45.8 Å². The number of aliphatic hydroxyl groups is 1. The molecule has 2 unspecified atom stereocenters. The van der Waals surface area contributed by atoms with Crippen molar-refractivity contribution in [1.82, 2.24) is 5.32 Å². The number of hydrogen-bond acceptors (Lipinski definition) is 3. The lowest BCUT2D eigenvalue weighted by Gasteiger charge is -2.14. The molecule has 0 saturated carbocycles. The van der Waals surface area contributed by atoms with Crippen LogP contribution in [0.4, 0.5) is 0 Å². The highest BCUT2D eigenvalue weighted by atomic mass is 16.4. The molecule has 0 aliphatic carbocycles. The summed E-state index contributed by atoms with van der Waals surface area (Å²) in [6, 6.07) is 6.79. The summed E-state index contributed by atoms with van der Waals surface area (Å²) >= 11 is 0. The maximum atomic E-state index is 12.0. The molecular weight excluding hydrogens is 270 g/mol. The Morgan fingerprint density at radius 2 is 1.76 bits per heavy atom. The molecule has 0 spiro atoms. The van der Waals surface area contributed by atoms with E-state index < -0.39 is 5.97 Å². The van der Waals surface area contributed by atoms with Crippen molar-refractivity contribution in [2.24, 2.45) is 5.92 Å². The lowest BCUT2D eigenvalue weighted by molar-refractivity contribution is -0.141. The van der Waals surface area contributed by atoms with Crippen LogP contribution >= 0.6 is 0 Å². The molecule has 0 aliphatic heterocycles. The number of rotatable bonds is 8. The first-order valence-corrected chi connectivity index (χ1v) is 7.17. The van der Waals surface area contributed by atoms with Gasteiger partial charge in [0.05, 0.1) is 12.5 Å². The Kier molecular flexibility index (Phi) is 6.88. The monoisotopic (exact) mass is 293 g/mol. The zero-order valence-corrected chi connectivity index (χ0v) is 12.5. The van der Waals surface area contributed by atoms with Crippen LogP contribution in [0.5, 0.6) is 0 Å². The van der Waals surface area contributed by atoms with Gasteiger partial charge < -0.3 is 15.5 Å². The number of aliphatic hydroxyl groups excluding tert-OH is 1. The molecule has 0 heterocycles. The summed E-state index contributed by atoms with van der Waals surface area (Å²) in [5, 5.41) is 20.6. The fourth-order valence-corrected chi connectivity index (χ4v) is 1.99. The highest BCUT2D eigenvalue weighted by Crippen LogP contribution is 2.10. The van der Waals surface area contributed by atoms with Crippen molar-refractivity contribution < 1.29 is 19.8 Å². The van der Waals surface area contributed by atoms with Crippen LogP contribution in [0.1, 0.15) is 49.0 Å². The second kappa shape index (κ2) is 8.42. The molecule has 5 heteroatoms. The van der Waals surface area contributed by atoms with Gasteiger partial charge >= 0.3 is 5.97 Å². The van der Waals surface area contributed by atoms with Gasteiger partial charge in [0, 0.05) is 11.6 Å². The third kappa shape index (κ3) is 5.95. The predicted octanol–water partition coefficient (Wildman–Crippen LogP) is 2.19. The van der Waals surface area contributed by atoms with E-state index >= 15 is 0 Å². The van der Waals surface area contributed by atoms with Gasteiger partial charge in [0.2, 0.25) is 0 Å². The molecule has 1 aromatic carbocycles. The van der Waals surface area contributed by atoms with E-state index in [1.165, 1.54) is 0 Å². The summed E-state index contributed by atoms with van der Waals surface area (Å²) in [4.78, 5) is 22.7. The maximum Gasteiger partial charge on any atom is 0.306 e. The van der Waals surface area contributed by atoms with Crippen LogP contribution in [0.15, 0.2) is 24.3 Å². The van der Waals surface area contributed by atoms with Gasteiger partial charge in [-0.1, -0.05) is 25.5 Å². The molecule has 3 N–H and O–H groups in total. The Morgan fingerprint density at radius 1 is 1.14 bits per heavy atom. The molecule has 5 nitrogen and oxygen atoms in total. The number of carbonyl (C=O) groups excluding carboxylic acids is 1. The number of hydrogen-bond donors (Lipinski definition) is 3. The molecule has 1 amide bonds. The summed E-state index contributed by atoms with van der Waals surface area (Å²) in [7, 11) is 0. The molecule has 0 saturated heterocycles. The average molecular weight is 293 g/mol. The number of carboxylic acid groups (broad SMARTS) is 1. The number of nitrogens with one attached hydrogen (secondary N) is 1. The minimum absolute atomic E-state index is 0.00369. The first-order valence-electron chi connectivity index (χ1n) is 7.17. The number of amides is 1. The summed E-state index contributed by atoms with van der Waals surface area (Å²) in [6.45, 7) is 3.56. The van der Waals surface area contributed by atoms with Crippen LogP contribution in [0.2, 0.25) is 0 Å². The second-order valence-corrected chi connectivity index (χ2v) is 5.40. The second-order valence-electron chi connectivity index (χ2n) is 5.40. The molecular formula is C16H23NO4. The lowest BCUT2D eigenvalue weighted by atomic mass is 10.0. The van der Waals surface area contributed by atoms with Gasteiger partial charge in [-0.3, -0.25) is 9.59 Å². The quantitative estimate of drug-likeness (QED) is 0.685. The number of benzene rings is 1. The maximum absolute atomic E-state index is 12.0. The molecule has 21 heavy (non-hydrogen) atoms. The number of carboxylic acids is 1. The summed E-state index contributed by atoms with van der Waals surface area (Å²) in [6.07, 6.45) is 2.12. The van der Waals surface area contributed by atoms with Gasteiger partial charge in [0.15, 0.2) is 0 Å². The largest absolute Gasteiger partial charge is 0.481 e. The Hall–Kier alpha value is -1.88. The minimum Gasteiger partial charge on any atom is -0.481 e. The highest BCUT2D eigenvalue weighted by molar-refractivity contribution is 5.94. The van der Waals surface area contributed by atoms with Crippen molar-refractivity contribution in [3.63, 3.8) is 0 Å². The zero-order valence-electron chi connectivity index (χ0n) is 12.5. The average Bonchev–Trinajstić information content (AvgIpc) is 2.46. The zero-order chi connectivity index (χ0) is 15.8. The fraction of sp³-hybridized carbons (Fsp3) is 0.500. The first kappa shape index (κ1) is 17.2. The van der Waals surface area contributed by atoms with Crippen LogP contribution in [0.3, 0.4) is 0 Å². The molecule has 0 aromatic heterocycles. The van der Waals surface area contributed by atoms with E-state index in [9.17, 15) is 9.59 Å². The molecule has 116 valence electrons. The minimum atomic E-state index is -0.782. The van der Waals surface area contributed by atoms with E-state index in [4.69, 9.17) is 10.2 Å². The van der Waals surface area contributed by atoms with Crippen LogP contribution < -0.4 is 5.32 Å². The van der Waals surface area contributed by atoms with E-state index in [1.54, 1.807) is 31.2 Å². The van der Waals surface area contributed by atoms with E-state index in [1.807, 2.05) is 6.92 Å².